The number of anilines is 1. The Kier molecular flexibility index (Phi) is 10.3. The molecule has 3 aromatic rings. The van der Waals surface area contributed by atoms with Gasteiger partial charge in [0.1, 0.15) is 18.2 Å². The number of ether oxygens (including phenoxy) is 1. The number of hydrogen-bond acceptors (Lipinski definition) is 5. The van der Waals surface area contributed by atoms with Crippen LogP contribution in [0.1, 0.15) is 61.9 Å². The minimum Gasteiger partial charge on any atom is -0.480 e. The summed E-state index contributed by atoms with van der Waals surface area (Å²) in [5.41, 5.74) is 3.01. The van der Waals surface area contributed by atoms with Gasteiger partial charge in [-0.05, 0) is 48.1 Å². The number of amides is 2. The topological polar surface area (TPSA) is 99.2 Å². The molecule has 3 aromatic carbocycles. The Morgan fingerprint density at radius 2 is 1.60 bits per heavy atom. The third kappa shape index (κ3) is 7.10. The molecular formula is C36H41N3O5S. The number of thiocarbonyl (C=S) groups is 1. The summed E-state index contributed by atoms with van der Waals surface area (Å²) in [7, 11) is 1.67. The molecule has 1 heterocycles. The van der Waals surface area contributed by atoms with Gasteiger partial charge in [0, 0.05) is 44.6 Å². The molecule has 0 aromatic heterocycles. The number of carbonyl (C=O) groups excluding carboxylic acids is 2. The van der Waals surface area contributed by atoms with Crippen LogP contribution >= 0.6 is 12.2 Å². The highest BCUT2D eigenvalue weighted by Crippen LogP contribution is 2.42. The van der Waals surface area contributed by atoms with Crippen LogP contribution in [-0.2, 0) is 32.0 Å². The SMILES string of the molecule is COCCC1(C(=S)NC(Cc2ccc(N3C(=O)[C@@H](Cc4ccccc4)N(C(C)=O)C3c3ccccc3)cc2)C(=O)O)CCCC1. The lowest BCUT2D eigenvalue weighted by Crippen LogP contribution is -2.48. The van der Waals surface area contributed by atoms with Crippen molar-refractivity contribution in [3.8, 4) is 0 Å². The molecule has 2 amide bonds. The van der Waals surface area contributed by atoms with E-state index in [1.54, 1.807) is 16.9 Å². The van der Waals surface area contributed by atoms with E-state index in [0.29, 0.717) is 23.7 Å². The summed E-state index contributed by atoms with van der Waals surface area (Å²) in [5.74, 6) is -1.32. The van der Waals surface area contributed by atoms with Crippen molar-refractivity contribution >= 4 is 40.7 Å². The molecule has 1 aliphatic carbocycles. The Hall–Kier alpha value is -4.08. The van der Waals surface area contributed by atoms with Crippen LogP contribution in [0.25, 0.3) is 0 Å². The van der Waals surface area contributed by atoms with Gasteiger partial charge in [-0.1, -0.05) is 97.9 Å². The lowest BCUT2D eigenvalue weighted by Gasteiger charge is -2.32. The second kappa shape index (κ2) is 14.3. The summed E-state index contributed by atoms with van der Waals surface area (Å²) >= 11 is 5.80. The highest BCUT2D eigenvalue weighted by molar-refractivity contribution is 7.80. The van der Waals surface area contributed by atoms with Crippen molar-refractivity contribution in [1.29, 1.82) is 0 Å². The number of benzene rings is 3. The summed E-state index contributed by atoms with van der Waals surface area (Å²) in [6.45, 7) is 2.08. The van der Waals surface area contributed by atoms with Gasteiger partial charge >= 0.3 is 5.97 Å². The molecule has 1 saturated heterocycles. The second-order valence-electron chi connectivity index (χ2n) is 12.1. The first-order chi connectivity index (χ1) is 21.7. The lowest BCUT2D eigenvalue weighted by atomic mass is 9.82. The van der Waals surface area contributed by atoms with Crippen molar-refractivity contribution in [1.82, 2.24) is 10.2 Å². The highest BCUT2D eigenvalue weighted by atomic mass is 32.1. The van der Waals surface area contributed by atoms with E-state index < -0.39 is 24.2 Å². The van der Waals surface area contributed by atoms with Gasteiger partial charge in [-0.3, -0.25) is 14.5 Å². The van der Waals surface area contributed by atoms with Crippen molar-refractivity contribution in [3.63, 3.8) is 0 Å². The largest absolute Gasteiger partial charge is 0.480 e. The van der Waals surface area contributed by atoms with Crippen LogP contribution < -0.4 is 10.2 Å². The van der Waals surface area contributed by atoms with E-state index in [9.17, 15) is 19.5 Å². The van der Waals surface area contributed by atoms with Gasteiger partial charge in [0.25, 0.3) is 5.91 Å². The van der Waals surface area contributed by atoms with Crippen molar-refractivity contribution in [2.24, 2.45) is 5.41 Å². The number of aliphatic carboxylic acids is 1. The first kappa shape index (κ1) is 32.3. The summed E-state index contributed by atoms with van der Waals surface area (Å²) < 4.78 is 5.33. The Labute approximate surface area is 270 Å². The standard InChI is InChI=1S/C36H41N3O5S/c1-25(40)38-31(24-26-11-5-3-6-12-26)33(41)39(32(38)28-13-7-4-8-14-28)29-17-15-27(16-18-29)23-30(34(42)43)37-35(45)36(21-22-44-2)19-9-10-20-36/h3-8,11-18,30-32H,9-10,19-24H2,1-2H3,(H,37,45)(H,42,43)/t30?,31-,32?/m1/s1. The molecule has 2 N–H and O–H groups in total. The van der Waals surface area contributed by atoms with Crippen molar-refractivity contribution in [2.45, 2.75) is 70.1 Å². The summed E-state index contributed by atoms with van der Waals surface area (Å²) in [5, 5.41) is 13.3. The fraction of sp³-hybridized carbons (Fsp3) is 0.389. The summed E-state index contributed by atoms with van der Waals surface area (Å²) in [4.78, 5) is 43.6. The van der Waals surface area contributed by atoms with Crippen molar-refractivity contribution < 1.29 is 24.2 Å². The fourth-order valence-electron chi connectivity index (χ4n) is 6.79. The Morgan fingerprint density at radius 3 is 2.18 bits per heavy atom. The van der Waals surface area contributed by atoms with Crippen LogP contribution in [0.2, 0.25) is 0 Å². The van der Waals surface area contributed by atoms with E-state index in [2.05, 4.69) is 5.32 Å². The van der Waals surface area contributed by atoms with Crippen LogP contribution in [0.4, 0.5) is 5.69 Å². The van der Waals surface area contributed by atoms with Gasteiger partial charge in [0.15, 0.2) is 0 Å². The quantitative estimate of drug-likeness (QED) is 0.249. The number of carboxylic acids is 1. The Morgan fingerprint density at radius 1 is 0.978 bits per heavy atom. The Balaban J connectivity index is 1.40. The molecule has 2 unspecified atom stereocenters. The molecular weight excluding hydrogens is 586 g/mol. The first-order valence-corrected chi connectivity index (χ1v) is 16.0. The minimum absolute atomic E-state index is 0.163. The summed E-state index contributed by atoms with van der Waals surface area (Å²) in [6, 6.07) is 25.1. The maximum atomic E-state index is 14.1. The van der Waals surface area contributed by atoms with Gasteiger partial charge in [0.2, 0.25) is 5.91 Å². The summed E-state index contributed by atoms with van der Waals surface area (Å²) in [6.07, 6.45) is 4.77. The average molecular weight is 628 g/mol. The first-order valence-electron chi connectivity index (χ1n) is 15.6. The Bertz CT molecular complexity index is 1490. The second-order valence-corrected chi connectivity index (χ2v) is 12.5. The van der Waals surface area contributed by atoms with Gasteiger partial charge < -0.3 is 20.1 Å². The smallest absolute Gasteiger partial charge is 0.326 e. The minimum atomic E-state index is -0.971. The van der Waals surface area contributed by atoms with Crippen LogP contribution in [0.3, 0.4) is 0 Å². The molecule has 5 rings (SSSR count). The zero-order valence-corrected chi connectivity index (χ0v) is 26.7. The average Bonchev–Trinajstić information content (AvgIpc) is 3.64. The van der Waals surface area contributed by atoms with Crippen LogP contribution in [0.15, 0.2) is 84.9 Å². The molecule has 3 atom stereocenters. The molecule has 9 heteroatoms. The van der Waals surface area contributed by atoms with Crippen molar-refractivity contribution in [2.75, 3.05) is 18.6 Å². The zero-order chi connectivity index (χ0) is 32.0. The fourth-order valence-corrected chi connectivity index (χ4v) is 7.24. The number of carbonyl (C=O) groups is 3. The molecule has 45 heavy (non-hydrogen) atoms. The number of nitrogens with one attached hydrogen (secondary N) is 1. The number of carboxylic acid groups (broad SMARTS) is 1. The van der Waals surface area contributed by atoms with Crippen LogP contribution in [-0.4, -0.2) is 58.6 Å². The number of rotatable bonds is 12. The van der Waals surface area contributed by atoms with Gasteiger partial charge in [-0.15, -0.1) is 0 Å². The predicted molar refractivity (Wildman–Crippen MR) is 178 cm³/mol. The van der Waals surface area contributed by atoms with Crippen molar-refractivity contribution in [3.05, 3.63) is 102 Å². The lowest BCUT2D eigenvalue weighted by molar-refractivity contribution is -0.139. The number of nitrogens with zero attached hydrogens (tertiary/aromatic N) is 2. The highest BCUT2D eigenvalue weighted by Gasteiger charge is 2.48. The van der Waals surface area contributed by atoms with Gasteiger partial charge in [-0.25, -0.2) is 4.79 Å². The molecule has 2 fully saturated rings. The van der Waals surface area contributed by atoms with E-state index in [0.717, 1.165) is 48.8 Å². The van der Waals surface area contributed by atoms with Gasteiger partial charge in [-0.2, -0.15) is 0 Å². The third-order valence-electron chi connectivity index (χ3n) is 9.18. The molecule has 0 spiro atoms. The predicted octanol–water partition coefficient (Wildman–Crippen LogP) is 5.70. The molecule has 1 saturated carbocycles. The van der Waals surface area contributed by atoms with Crippen LogP contribution in [0, 0.1) is 5.41 Å². The zero-order valence-electron chi connectivity index (χ0n) is 25.9. The van der Waals surface area contributed by atoms with E-state index in [1.807, 2.05) is 84.9 Å². The van der Waals surface area contributed by atoms with Gasteiger partial charge in [0.05, 0.1) is 4.99 Å². The third-order valence-corrected chi connectivity index (χ3v) is 9.74. The molecule has 8 nitrogen and oxygen atoms in total. The molecule has 0 bridgehead atoms. The van der Waals surface area contributed by atoms with Crippen LogP contribution in [0.5, 0.6) is 0 Å². The molecule has 236 valence electrons. The number of hydrogen-bond donors (Lipinski definition) is 2. The monoisotopic (exact) mass is 627 g/mol. The van der Waals surface area contributed by atoms with E-state index >= 15 is 0 Å². The maximum Gasteiger partial charge on any atom is 0.326 e. The molecule has 1 aliphatic heterocycles. The number of methoxy groups -OCH3 is 1. The van der Waals surface area contributed by atoms with E-state index in [-0.39, 0.29) is 23.7 Å². The molecule has 2 aliphatic rings. The van der Waals surface area contributed by atoms with E-state index in [1.165, 1.54) is 6.92 Å². The normalized spacial score (nSPS) is 19.8. The maximum absolute atomic E-state index is 14.1. The van der Waals surface area contributed by atoms with E-state index in [4.69, 9.17) is 17.0 Å². The molecule has 0 radical (unpaired) electrons.